The molecule has 0 radical (unpaired) electrons. The Morgan fingerprint density at radius 3 is 1.33 bits per heavy atom. The molecule has 0 bridgehead atoms. The first-order valence-corrected chi connectivity index (χ1v) is 7.10. The van der Waals surface area contributed by atoms with Gasteiger partial charge in [-0.3, -0.25) is 12.2 Å². The van der Waals surface area contributed by atoms with E-state index in [1.54, 1.807) is 0 Å². The molecule has 0 saturated carbocycles. The van der Waals surface area contributed by atoms with E-state index in [9.17, 15) is 0 Å². The van der Waals surface area contributed by atoms with Crippen molar-refractivity contribution in [1.29, 1.82) is 0 Å². The number of halogens is 2. The van der Waals surface area contributed by atoms with Gasteiger partial charge in [0.05, 0.1) is 0 Å². The van der Waals surface area contributed by atoms with Gasteiger partial charge >= 0.3 is 26.2 Å². The van der Waals surface area contributed by atoms with E-state index in [4.69, 9.17) is 0 Å². The maximum Gasteiger partial charge on any atom is 4.00 e. The van der Waals surface area contributed by atoms with Crippen LogP contribution in [-0.2, 0) is 26.2 Å². The van der Waals surface area contributed by atoms with Crippen molar-refractivity contribution < 1.29 is 35.6 Å². The van der Waals surface area contributed by atoms with Gasteiger partial charge in [-0.2, -0.15) is 12.2 Å². The summed E-state index contributed by atoms with van der Waals surface area (Å²) in [4.78, 5) is 0. The van der Waals surface area contributed by atoms with Gasteiger partial charge in [0, 0.05) is 0 Å². The minimum absolute atomic E-state index is 0. The molecule has 0 heterocycles. The van der Waals surface area contributed by atoms with Gasteiger partial charge in [0.2, 0.25) is 0 Å². The maximum absolute atomic E-state index is 3.29. The summed E-state index contributed by atoms with van der Waals surface area (Å²) in [6.45, 7) is 8.95. The Morgan fingerprint density at radius 1 is 0.810 bits per heavy atom. The molecule has 0 N–H and O–H groups in total. The van der Waals surface area contributed by atoms with E-state index in [0.29, 0.717) is 0 Å². The van der Waals surface area contributed by atoms with Crippen LogP contribution in [0.25, 0.3) is 0 Å². The van der Waals surface area contributed by atoms with Crippen molar-refractivity contribution in [1.82, 2.24) is 0 Å². The van der Waals surface area contributed by atoms with Crippen molar-refractivity contribution in [2.24, 2.45) is 11.8 Å². The fraction of sp³-hybridized carbons (Fsp3) is 0.556. The molecule has 0 fully saturated rings. The van der Waals surface area contributed by atoms with E-state index < -0.39 is 0 Å². The number of rotatable bonds is 4. The summed E-state index contributed by atoms with van der Waals surface area (Å²) in [6.07, 6.45) is 19.7. The molecular formula is C18H26F2Zr. The summed E-state index contributed by atoms with van der Waals surface area (Å²) >= 11 is 0. The average molecular weight is 372 g/mol. The third-order valence-corrected chi connectivity index (χ3v) is 2.79. The van der Waals surface area contributed by atoms with E-state index in [1.165, 1.54) is 24.0 Å². The van der Waals surface area contributed by atoms with Gasteiger partial charge in [-0.05, 0) is 11.8 Å². The Labute approximate surface area is 148 Å². The van der Waals surface area contributed by atoms with Gasteiger partial charge in [-0.1, -0.05) is 40.5 Å². The molecule has 0 unspecified atom stereocenters. The van der Waals surface area contributed by atoms with E-state index in [2.05, 4.69) is 64.2 Å². The monoisotopic (exact) mass is 370 g/mol. The van der Waals surface area contributed by atoms with Crippen molar-refractivity contribution >= 4 is 0 Å². The van der Waals surface area contributed by atoms with Crippen molar-refractivity contribution in [3.05, 3.63) is 47.6 Å². The molecule has 3 heteroatoms. The molecule has 0 atom stereocenters. The maximum atomic E-state index is 3.29. The summed E-state index contributed by atoms with van der Waals surface area (Å²) in [7, 11) is 0. The Balaban J connectivity index is -0.000000270. The van der Waals surface area contributed by atoms with Crippen molar-refractivity contribution in [3.8, 4) is 0 Å². The minimum atomic E-state index is 0. The third-order valence-electron chi connectivity index (χ3n) is 2.79. The molecular weight excluding hydrogens is 345 g/mol. The summed E-state index contributed by atoms with van der Waals surface area (Å²) in [5, 5.41) is 0. The van der Waals surface area contributed by atoms with Gasteiger partial charge in [0.15, 0.2) is 0 Å². The molecule has 0 aromatic heterocycles. The van der Waals surface area contributed by atoms with Crippen molar-refractivity contribution in [2.75, 3.05) is 0 Å². The second-order valence-corrected chi connectivity index (χ2v) is 5.81. The molecule has 0 saturated heterocycles. The van der Waals surface area contributed by atoms with Gasteiger partial charge < -0.3 is 9.41 Å². The summed E-state index contributed by atoms with van der Waals surface area (Å²) in [6, 6.07) is 0. The van der Waals surface area contributed by atoms with Crippen LogP contribution in [0.5, 0.6) is 0 Å². The van der Waals surface area contributed by atoms with E-state index in [1.807, 2.05) is 0 Å². The van der Waals surface area contributed by atoms with Crippen LogP contribution < -0.4 is 9.41 Å². The first-order chi connectivity index (χ1) is 8.58. The zero-order valence-electron chi connectivity index (χ0n) is 13.5. The van der Waals surface area contributed by atoms with Crippen LogP contribution in [0.4, 0.5) is 0 Å². The Kier molecular flexibility index (Phi) is 17.9. The topological polar surface area (TPSA) is 0 Å². The van der Waals surface area contributed by atoms with Crippen LogP contribution in [0.1, 0.15) is 53.4 Å². The van der Waals surface area contributed by atoms with E-state index >= 15 is 0 Å². The molecule has 2 rings (SSSR count). The van der Waals surface area contributed by atoms with Gasteiger partial charge in [-0.25, -0.2) is 23.3 Å². The molecule has 0 aromatic carbocycles. The predicted molar refractivity (Wildman–Crippen MR) is 79.9 cm³/mol. The molecule has 2 aliphatic carbocycles. The zero-order chi connectivity index (χ0) is 13.4. The van der Waals surface area contributed by atoms with Crippen molar-refractivity contribution in [2.45, 2.75) is 53.4 Å². The SMILES string of the molecule is CC(C)CC1=[C-]CC=C1.CC(C)CC1=[C-]CC=C1.[F-].[F-].[Zr+4]. The summed E-state index contributed by atoms with van der Waals surface area (Å²) in [5.41, 5.74) is 2.79. The molecule has 0 amide bonds. The number of allylic oxidation sites excluding steroid dienone is 8. The first kappa shape index (κ1) is 25.6. The van der Waals surface area contributed by atoms with Crippen LogP contribution in [0.3, 0.4) is 0 Å². The molecule has 2 aliphatic rings. The van der Waals surface area contributed by atoms with Crippen LogP contribution >= 0.6 is 0 Å². The van der Waals surface area contributed by atoms with Crippen LogP contribution in [-0.4, -0.2) is 0 Å². The summed E-state index contributed by atoms with van der Waals surface area (Å²) < 4.78 is 0. The van der Waals surface area contributed by atoms with E-state index in [-0.39, 0.29) is 35.6 Å². The van der Waals surface area contributed by atoms with Gasteiger partial charge in [0.25, 0.3) is 0 Å². The summed E-state index contributed by atoms with van der Waals surface area (Å²) in [5.74, 6) is 1.55. The normalized spacial score (nSPS) is 14.6. The zero-order valence-corrected chi connectivity index (χ0v) is 16.0. The van der Waals surface area contributed by atoms with Crippen LogP contribution in [0.2, 0.25) is 0 Å². The Bertz CT molecular complexity index is 327. The minimum Gasteiger partial charge on any atom is -1.00 e. The Morgan fingerprint density at radius 2 is 1.14 bits per heavy atom. The number of hydrogen-bond acceptors (Lipinski definition) is 0. The second-order valence-electron chi connectivity index (χ2n) is 5.81. The van der Waals surface area contributed by atoms with Gasteiger partial charge in [-0.15, -0.1) is 12.8 Å². The molecule has 116 valence electrons. The molecule has 0 nitrogen and oxygen atoms in total. The fourth-order valence-electron chi connectivity index (χ4n) is 2.06. The Hall–Kier alpha value is -0.297. The van der Waals surface area contributed by atoms with Crippen molar-refractivity contribution in [3.63, 3.8) is 0 Å². The standard InChI is InChI=1S/2C9H13.2FH.Zr/c2*1-8(2)7-9-5-3-4-6-9;;;/h2*3,5,8H,4,7H2,1-2H3;2*1H;/q2*-1;;;+4/p-2. The second kappa shape index (κ2) is 14.6. The molecule has 0 aliphatic heterocycles. The fourth-order valence-corrected chi connectivity index (χ4v) is 2.06. The smallest absolute Gasteiger partial charge is 1.00 e. The largest absolute Gasteiger partial charge is 4.00 e. The van der Waals surface area contributed by atoms with Crippen LogP contribution in [0.15, 0.2) is 35.5 Å². The third kappa shape index (κ3) is 13.1. The van der Waals surface area contributed by atoms with Gasteiger partial charge in [0.1, 0.15) is 0 Å². The molecule has 0 spiro atoms. The van der Waals surface area contributed by atoms with Crippen LogP contribution in [0, 0.1) is 24.0 Å². The van der Waals surface area contributed by atoms with E-state index in [0.717, 1.165) is 24.7 Å². The number of hydrogen-bond donors (Lipinski definition) is 0. The molecule has 0 aromatic rings. The average Bonchev–Trinajstić information content (AvgIpc) is 2.90. The first-order valence-electron chi connectivity index (χ1n) is 7.10. The molecule has 21 heavy (non-hydrogen) atoms. The predicted octanol–water partition coefficient (Wildman–Crippen LogP) is -0.551. The quantitative estimate of drug-likeness (QED) is 0.582.